The molecule has 106 valence electrons. The number of aromatic nitrogens is 1. The molecule has 0 bridgehead atoms. The molecule has 0 spiro atoms. The lowest BCUT2D eigenvalue weighted by atomic mass is 9.92. The number of carbonyl (C=O) groups is 1. The fourth-order valence-corrected chi connectivity index (χ4v) is 2.63. The van der Waals surface area contributed by atoms with Gasteiger partial charge in [0.25, 0.3) is 5.91 Å². The predicted octanol–water partition coefficient (Wildman–Crippen LogP) is 1.68. The zero-order valence-corrected chi connectivity index (χ0v) is 11.6. The monoisotopic (exact) mass is 265 g/mol. The van der Waals surface area contributed by atoms with Crippen LogP contribution < -0.4 is 11.1 Å². The lowest BCUT2D eigenvalue weighted by Crippen LogP contribution is -2.45. The second-order valence-electron chi connectivity index (χ2n) is 5.59. The standard InChI is InChI=1S/C14H23N3O2/c1-9(2)17-8-10(15)7-12(17)14(19)16-11-5-3-4-6-13(11)18/h7-9,11,13,18H,3-6,15H2,1-2H3,(H,16,19). The van der Waals surface area contributed by atoms with E-state index < -0.39 is 6.10 Å². The van der Waals surface area contributed by atoms with Crippen molar-refractivity contribution in [3.8, 4) is 0 Å². The number of aliphatic hydroxyl groups excluding tert-OH is 1. The van der Waals surface area contributed by atoms with Gasteiger partial charge in [0.05, 0.1) is 17.8 Å². The summed E-state index contributed by atoms with van der Waals surface area (Å²) in [5.41, 5.74) is 6.91. The van der Waals surface area contributed by atoms with Gasteiger partial charge in [0, 0.05) is 12.2 Å². The molecule has 2 unspecified atom stereocenters. The molecule has 19 heavy (non-hydrogen) atoms. The van der Waals surface area contributed by atoms with Gasteiger partial charge in [-0.2, -0.15) is 0 Å². The molecule has 5 nitrogen and oxygen atoms in total. The Morgan fingerprint density at radius 2 is 2.16 bits per heavy atom. The summed E-state index contributed by atoms with van der Waals surface area (Å²) in [4.78, 5) is 12.3. The number of nitrogens with zero attached hydrogens (tertiary/aromatic N) is 1. The Morgan fingerprint density at radius 1 is 1.47 bits per heavy atom. The summed E-state index contributed by atoms with van der Waals surface area (Å²) in [6.07, 6.45) is 5.02. The number of nitrogens with one attached hydrogen (secondary N) is 1. The first-order chi connectivity index (χ1) is 8.99. The highest BCUT2D eigenvalue weighted by Crippen LogP contribution is 2.20. The second kappa shape index (κ2) is 5.65. The van der Waals surface area contributed by atoms with E-state index in [4.69, 9.17) is 5.73 Å². The maximum Gasteiger partial charge on any atom is 0.268 e. The van der Waals surface area contributed by atoms with Gasteiger partial charge in [-0.05, 0) is 32.8 Å². The Hall–Kier alpha value is -1.49. The third-order valence-corrected chi connectivity index (χ3v) is 3.70. The number of anilines is 1. The number of nitrogens with two attached hydrogens (primary N) is 1. The maximum absolute atomic E-state index is 12.3. The van der Waals surface area contributed by atoms with Crippen LogP contribution in [0.4, 0.5) is 5.69 Å². The molecule has 0 radical (unpaired) electrons. The van der Waals surface area contributed by atoms with Crippen LogP contribution in [0.25, 0.3) is 0 Å². The van der Waals surface area contributed by atoms with Crippen molar-refractivity contribution in [3.05, 3.63) is 18.0 Å². The highest BCUT2D eigenvalue weighted by Gasteiger charge is 2.26. The van der Waals surface area contributed by atoms with Gasteiger partial charge < -0.3 is 20.7 Å². The normalized spacial score (nSPS) is 23.6. The van der Waals surface area contributed by atoms with Crippen LogP contribution in [0, 0.1) is 0 Å². The van der Waals surface area contributed by atoms with Crippen molar-refractivity contribution in [3.63, 3.8) is 0 Å². The van der Waals surface area contributed by atoms with Crippen molar-refractivity contribution < 1.29 is 9.90 Å². The topological polar surface area (TPSA) is 80.3 Å². The molecular formula is C14H23N3O2. The number of nitrogen functional groups attached to an aromatic ring is 1. The number of rotatable bonds is 3. The Balaban J connectivity index is 2.11. The molecule has 0 saturated heterocycles. The quantitative estimate of drug-likeness (QED) is 0.778. The van der Waals surface area contributed by atoms with Crippen LogP contribution in [0.2, 0.25) is 0 Å². The minimum atomic E-state index is -0.433. The van der Waals surface area contributed by atoms with Crippen LogP contribution >= 0.6 is 0 Å². The first-order valence-electron chi connectivity index (χ1n) is 6.95. The van der Waals surface area contributed by atoms with Crippen molar-refractivity contribution in [2.75, 3.05) is 5.73 Å². The number of aliphatic hydroxyl groups is 1. The van der Waals surface area contributed by atoms with E-state index in [-0.39, 0.29) is 18.0 Å². The van der Waals surface area contributed by atoms with Gasteiger partial charge in [-0.25, -0.2) is 0 Å². The van der Waals surface area contributed by atoms with Crippen molar-refractivity contribution in [1.82, 2.24) is 9.88 Å². The molecule has 1 aliphatic carbocycles. The summed E-state index contributed by atoms with van der Waals surface area (Å²) in [5, 5.41) is 12.8. The Kier molecular flexibility index (Phi) is 4.14. The zero-order valence-electron chi connectivity index (χ0n) is 11.6. The van der Waals surface area contributed by atoms with Crippen LogP contribution in [-0.2, 0) is 0 Å². The van der Waals surface area contributed by atoms with Gasteiger partial charge in [-0.3, -0.25) is 4.79 Å². The van der Waals surface area contributed by atoms with E-state index in [9.17, 15) is 9.90 Å². The summed E-state index contributed by atoms with van der Waals surface area (Å²) in [7, 11) is 0. The van der Waals surface area contributed by atoms with Gasteiger partial charge in [0.2, 0.25) is 0 Å². The van der Waals surface area contributed by atoms with Gasteiger partial charge in [-0.1, -0.05) is 12.8 Å². The SMILES string of the molecule is CC(C)n1cc(N)cc1C(=O)NC1CCCCC1O. The summed E-state index contributed by atoms with van der Waals surface area (Å²) >= 11 is 0. The van der Waals surface area contributed by atoms with Crippen LogP contribution in [0.3, 0.4) is 0 Å². The fourth-order valence-electron chi connectivity index (χ4n) is 2.63. The molecule has 1 amide bonds. The molecular weight excluding hydrogens is 242 g/mol. The van der Waals surface area contributed by atoms with E-state index in [0.717, 1.165) is 25.7 Å². The van der Waals surface area contributed by atoms with E-state index in [0.29, 0.717) is 11.4 Å². The number of carbonyl (C=O) groups excluding carboxylic acids is 1. The smallest absolute Gasteiger partial charge is 0.268 e. The number of hydrogen-bond acceptors (Lipinski definition) is 3. The molecule has 1 heterocycles. The third kappa shape index (κ3) is 3.10. The average molecular weight is 265 g/mol. The van der Waals surface area contributed by atoms with E-state index in [1.165, 1.54) is 0 Å². The molecule has 5 heteroatoms. The van der Waals surface area contributed by atoms with Gasteiger partial charge in [0.15, 0.2) is 0 Å². The molecule has 1 aromatic rings. The summed E-state index contributed by atoms with van der Waals surface area (Å²) < 4.78 is 1.86. The molecule has 1 aromatic heterocycles. The highest BCUT2D eigenvalue weighted by molar-refractivity contribution is 5.94. The number of amides is 1. The first kappa shape index (κ1) is 13.9. The fraction of sp³-hybridized carbons (Fsp3) is 0.643. The Labute approximate surface area is 113 Å². The molecule has 1 aliphatic rings. The summed E-state index contributed by atoms with van der Waals surface area (Å²) in [6.45, 7) is 4.01. The van der Waals surface area contributed by atoms with Gasteiger partial charge in [0.1, 0.15) is 5.69 Å². The Bertz CT molecular complexity index is 454. The predicted molar refractivity (Wildman–Crippen MR) is 75.0 cm³/mol. The molecule has 0 aliphatic heterocycles. The lowest BCUT2D eigenvalue weighted by molar-refractivity contribution is 0.0710. The van der Waals surface area contributed by atoms with E-state index in [2.05, 4.69) is 5.32 Å². The first-order valence-corrected chi connectivity index (χ1v) is 6.95. The molecule has 2 rings (SSSR count). The molecule has 0 aromatic carbocycles. The van der Waals surface area contributed by atoms with Crippen molar-refractivity contribution >= 4 is 11.6 Å². The van der Waals surface area contributed by atoms with Gasteiger partial charge in [-0.15, -0.1) is 0 Å². The van der Waals surface area contributed by atoms with Crippen LogP contribution in [-0.4, -0.2) is 27.7 Å². The van der Waals surface area contributed by atoms with E-state index in [1.54, 1.807) is 12.3 Å². The second-order valence-corrected chi connectivity index (χ2v) is 5.59. The maximum atomic E-state index is 12.3. The molecule has 1 fully saturated rings. The van der Waals surface area contributed by atoms with Crippen LogP contribution in [0.1, 0.15) is 56.1 Å². The minimum Gasteiger partial charge on any atom is -0.397 e. The Morgan fingerprint density at radius 3 is 2.79 bits per heavy atom. The van der Waals surface area contributed by atoms with E-state index >= 15 is 0 Å². The average Bonchev–Trinajstić information content (AvgIpc) is 2.74. The third-order valence-electron chi connectivity index (χ3n) is 3.70. The van der Waals surface area contributed by atoms with Crippen molar-refractivity contribution in [2.24, 2.45) is 0 Å². The largest absolute Gasteiger partial charge is 0.397 e. The van der Waals surface area contributed by atoms with Crippen molar-refractivity contribution in [1.29, 1.82) is 0 Å². The van der Waals surface area contributed by atoms with Gasteiger partial charge >= 0.3 is 0 Å². The lowest BCUT2D eigenvalue weighted by Gasteiger charge is -2.28. The van der Waals surface area contributed by atoms with Crippen LogP contribution in [0.5, 0.6) is 0 Å². The number of hydrogen-bond donors (Lipinski definition) is 3. The zero-order chi connectivity index (χ0) is 14.0. The minimum absolute atomic E-state index is 0.141. The molecule has 4 N–H and O–H groups in total. The van der Waals surface area contributed by atoms with Crippen molar-refractivity contribution in [2.45, 2.75) is 57.7 Å². The highest BCUT2D eigenvalue weighted by atomic mass is 16.3. The summed E-state index contributed by atoms with van der Waals surface area (Å²) in [5.74, 6) is -0.156. The van der Waals surface area contributed by atoms with E-state index in [1.807, 2.05) is 18.4 Å². The van der Waals surface area contributed by atoms with Crippen LogP contribution in [0.15, 0.2) is 12.3 Å². The summed E-state index contributed by atoms with van der Waals surface area (Å²) in [6, 6.07) is 1.72. The molecule has 1 saturated carbocycles. The molecule has 2 atom stereocenters.